The molecule has 2 saturated heterocycles. The molecule has 0 aromatic heterocycles. The van der Waals surface area contributed by atoms with Crippen LogP contribution in [0.1, 0.15) is 50.5 Å². The van der Waals surface area contributed by atoms with E-state index < -0.39 is 24.0 Å². The van der Waals surface area contributed by atoms with E-state index in [2.05, 4.69) is 58.5 Å². The Labute approximate surface area is 298 Å². The summed E-state index contributed by atoms with van der Waals surface area (Å²) in [6.45, 7) is 5.24. The van der Waals surface area contributed by atoms with Gasteiger partial charge in [-0.15, -0.1) is 0 Å². The van der Waals surface area contributed by atoms with Gasteiger partial charge in [-0.25, -0.2) is 9.59 Å². The van der Waals surface area contributed by atoms with Gasteiger partial charge >= 0.3 is 12.1 Å². The van der Waals surface area contributed by atoms with Crippen molar-refractivity contribution < 1.29 is 28.6 Å². The fourth-order valence-electron chi connectivity index (χ4n) is 7.19. The van der Waals surface area contributed by atoms with E-state index >= 15 is 0 Å². The van der Waals surface area contributed by atoms with Crippen LogP contribution in [0.15, 0.2) is 97.1 Å². The number of ether oxygens (including phenoxy) is 3. The van der Waals surface area contributed by atoms with Crippen LogP contribution in [0.2, 0.25) is 0 Å². The van der Waals surface area contributed by atoms with Gasteiger partial charge in [-0.05, 0) is 70.6 Å². The van der Waals surface area contributed by atoms with Crippen LogP contribution in [0.4, 0.5) is 4.79 Å². The van der Waals surface area contributed by atoms with E-state index in [4.69, 9.17) is 14.2 Å². The zero-order chi connectivity index (χ0) is 35.2. The van der Waals surface area contributed by atoms with Crippen molar-refractivity contribution in [1.82, 2.24) is 15.1 Å². The maximum atomic E-state index is 13.3. The topological polar surface area (TPSA) is 97.4 Å². The average Bonchev–Trinajstić information content (AvgIpc) is 3.80. The number of likely N-dealkylation sites (tertiary alicyclic amines) is 1. The van der Waals surface area contributed by atoms with Gasteiger partial charge in [-0.2, -0.15) is 0 Å². The first-order valence-electron chi connectivity index (χ1n) is 17.5. The molecule has 0 radical (unpaired) electrons. The van der Waals surface area contributed by atoms with E-state index in [1.165, 1.54) is 12.7 Å². The maximum absolute atomic E-state index is 13.3. The van der Waals surface area contributed by atoms with Crippen LogP contribution < -0.4 is 5.32 Å². The number of carbonyl (C=O) groups is 3. The van der Waals surface area contributed by atoms with Crippen LogP contribution in [0.5, 0.6) is 0 Å². The second-order valence-corrected chi connectivity index (χ2v) is 13.2. The molecule has 7 rings (SSSR count). The largest absolute Gasteiger partial charge is 0.467 e. The van der Waals surface area contributed by atoms with Crippen LogP contribution in [0, 0.1) is 17.8 Å². The molecule has 1 aliphatic carbocycles. The quantitative estimate of drug-likeness (QED) is 0.195. The van der Waals surface area contributed by atoms with Crippen LogP contribution in [0.25, 0.3) is 11.1 Å². The number of fused-ring (bicyclic) bond motifs is 3. The number of benzene rings is 4. The summed E-state index contributed by atoms with van der Waals surface area (Å²) in [5, 5.41) is 2.86. The lowest BCUT2D eigenvalue weighted by molar-refractivity contribution is -0.144. The molecule has 9 nitrogen and oxygen atoms in total. The lowest BCUT2D eigenvalue weighted by atomic mass is 9.98. The number of hydrogen-bond donors (Lipinski definition) is 1. The van der Waals surface area contributed by atoms with Crippen molar-refractivity contribution in [3.63, 3.8) is 0 Å². The minimum atomic E-state index is -0.917. The van der Waals surface area contributed by atoms with Gasteiger partial charge < -0.3 is 24.4 Å². The highest BCUT2D eigenvalue weighted by molar-refractivity contribution is 5.97. The van der Waals surface area contributed by atoms with Crippen LogP contribution in [-0.2, 0) is 25.5 Å². The molecule has 4 aromatic rings. The zero-order valence-electron chi connectivity index (χ0n) is 28.7. The summed E-state index contributed by atoms with van der Waals surface area (Å²) in [7, 11) is 1.30. The van der Waals surface area contributed by atoms with E-state index in [1.807, 2.05) is 36.4 Å². The minimum absolute atomic E-state index is 0.0449. The van der Waals surface area contributed by atoms with Crippen molar-refractivity contribution in [3.05, 3.63) is 130 Å². The minimum Gasteiger partial charge on any atom is -0.467 e. The Bertz CT molecular complexity index is 1900. The van der Waals surface area contributed by atoms with E-state index in [0.29, 0.717) is 18.5 Å². The molecule has 2 aliphatic heterocycles. The highest BCUT2D eigenvalue weighted by atomic mass is 16.6. The Hall–Kier alpha value is -5.43. The fraction of sp³-hybridized carbons (Fsp3) is 0.310. The normalized spacial score (nSPS) is 17.4. The molecule has 51 heavy (non-hydrogen) atoms. The summed E-state index contributed by atoms with van der Waals surface area (Å²) >= 11 is 0. The molecule has 2 atom stereocenters. The Kier molecular flexibility index (Phi) is 10.4. The molecular weight excluding hydrogens is 642 g/mol. The van der Waals surface area contributed by atoms with Gasteiger partial charge in [0.2, 0.25) is 0 Å². The molecule has 0 bridgehead atoms. The molecule has 2 unspecified atom stereocenters. The van der Waals surface area contributed by atoms with Crippen LogP contribution in [-0.4, -0.2) is 86.9 Å². The van der Waals surface area contributed by atoms with Gasteiger partial charge in [0.15, 0.2) is 0 Å². The maximum Gasteiger partial charge on any atom is 0.409 e. The van der Waals surface area contributed by atoms with Crippen LogP contribution >= 0.6 is 0 Å². The van der Waals surface area contributed by atoms with Crippen molar-refractivity contribution in [1.29, 1.82) is 0 Å². The molecule has 0 saturated carbocycles. The first-order chi connectivity index (χ1) is 25.0. The summed E-state index contributed by atoms with van der Waals surface area (Å²) in [5.41, 5.74) is 7.93. The number of amides is 2. The lowest BCUT2D eigenvalue weighted by Crippen LogP contribution is -2.47. The molecule has 1 N–H and O–H groups in total. The summed E-state index contributed by atoms with van der Waals surface area (Å²) < 4.78 is 16.3. The smallest absolute Gasteiger partial charge is 0.409 e. The molecule has 3 aliphatic rings. The number of morpholine rings is 1. The van der Waals surface area contributed by atoms with Crippen LogP contribution in [0.3, 0.4) is 0 Å². The first-order valence-corrected chi connectivity index (χ1v) is 17.5. The third kappa shape index (κ3) is 7.83. The number of carbonyl (C=O) groups excluding carboxylic acids is 3. The monoisotopic (exact) mass is 683 g/mol. The van der Waals surface area contributed by atoms with Crippen molar-refractivity contribution in [2.24, 2.45) is 5.92 Å². The van der Waals surface area contributed by atoms with Gasteiger partial charge in [0.25, 0.3) is 5.91 Å². The highest BCUT2D eigenvalue weighted by Crippen LogP contribution is 2.44. The highest BCUT2D eigenvalue weighted by Gasteiger charge is 2.38. The summed E-state index contributed by atoms with van der Waals surface area (Å²) in [5.74, 6) is 5.03. The van der Waals surface area contributed by atoms with E-state index in [-0.39, 0.29) is 25.0 Å². The van der Waals surface area contributed by atoms with E-state index in [0.717, 1.165) is 66.2 Å². The molecule has 0 spiro atoms. The van der Waals surface area contributed by atoms with Crippen molar-refractivity contribution in [3.8, 4) is 23.0 Å². The van der Waals surface area contributed by atoms with Gasteiger partial charge in [0.05, 0.1) is 20.3 Å². The number of nitrogens with zero attached hydrogens (tertiary/aromatic N) is 2. The standard InChI is InChI=1S/C42H41N3O6/c1-49-41(47)39(33-20-21-45(27-33)42(48)51-28-38-36-8-4-2-6-34(36)35-7-3-5-9-37(35)38)43-40(46)32-18-16-30(17-19-32)11-10-29-12-14-31(15-13-29)26-44-22-24-50-25-23-44/h2-9,12-19,33,38-39H,20-28H2,1H3,(H,43,46). The number of methoxy groups -OCH3 is 1. The predicted molar refractivity (Wildman–Crippen MR) is 193 cm³/mol. The molecule has 9 heteroatoms. The molecule has 4 aromatic carbocycles. The summed E-state index contributed by atoms with van der Waals surface area (Å²) in [6, 6.07) is 30.7. The third-order valence-electron chi connectivity index (χ3n) is 9.99. The Morgan fingerprint density at radius 2 is 1.43 bits per heavy atom. The van der Waals surface area contributed by atoms with Gasteiger partial charge in [-0.3, -0.25) is 9.69 Å². The van der Waals surface area contributed by atoms with Gasteiger partial charge in [-0.1, -0.05) is 72.5 Å². The number of rotatable bonds is 8. The van der Waals surface area contributed by atoms with Crippen molar-refractivity contribution >= 4 is 18.0 Å². The fourth-order valence-corrected chi connectivity index (χ4v) is 7.19. The van der Waals surface area contributed by atoms with Gasteiger partial charge in [0, 0.05) is 61.2 Å². The van der Waals surface area contributed by atoms with E-state index in [9.17, 15) is 14.4 Å². The second-order valence-electron chi connectivity index (χ2n) is 13.2. The van der Waals surface area contributed by atoms with E-state index in [1.54, 1.807) is 29.2 Å². The molecule has 2 amide bonds. The molecule has 2 fully saturated rings. The average molecular weight is 684 g/mol. The first kappa shape index (κ1) is 34.0. The molecule has 260 valence electrons. The SMILES string of the molecule is COC(=O)C(NC(=O)c1ccc(C#Cc2ccc(CN3CCOCC3)cc2)cc1)C1CCN(C(=O)OCC2c3ccccc3-c3ccccc32)C1. The van der Waals surface area contributed by atoms with Gasteiger partial charge in [0.1, 0.15) is 12.6 Å². The second kappa shape index (κ2) is 15.6. The molecule has 2 heterocycles. The Morgan fingerprint density at radius 3 is 2.06 bits per heavy atom. The zero-order valence-corrected chi connectivity index (χ0v) is 28.7. The molecular formula is C42H41N3O6. The number of esters is 1. The Morgan fingerprint density at radius 1 is 0.824 bits per heavy atom. The lowest BCUT2D eigenvalue weighted by Gasteiger charge is -2.26. The summed E-state index contributed by atoms with van der Waals surface area (Å²) in [6.07, 6.45) is 0.0856. The Balaban J connectivity index is 0.929. The number of nitrogens with one attached hydrogen (secondary N) is 1. The number of hydrogen-bond acceptors (Lipinski definition) is 7. The summed E-state index contributed by atoms with van der Waals surface area (Å²) in [4.78, 5) is 43.4. The van der Waals surface area contributed by atoms with Crippen molar-refractivity contribution in [2.75, 3.05) is 53.1 Å². The third-order valence-corrected chi connectivity index (χ3v) is 9.99. The van der Waals surface area contributed by atoms with Crippen molar-refractivity contribution in [2.45, 2.75) is 24.9 Å². The predicted octanol–water partition coefficient (Wildman–Crippen LogP) is 5.46.